The van der Waals surface area contributed by atoms with Gasteiger partial charge in [0.1, 0.15) is 11.5 Å². The van der Waals surface area contributed by atoms with Crippen molar-refractivity contribution < 1.29 is 0 Å². The first-order valence-electron chi connectivity index (χ1n) is 19.4. The van der Waals surface area contributed by atoms with Gasteiger partial charge in [0, 0.05) is 22.0 Å². The zero-order valence-corrected chi connectivity index (χ0v) is 30.5. The molecule has 4 nitrogen and oxygen atoms in total. The second-order valence-corrected chi connectivity index (χ2v) is 14.8. The van der Waals surface area contributed by atoms with E-state index in [1.165, 1.54) is 60.3 Å². The second kappa shape index (κ2) is 12.1. The smallest absolute Gasteiger partial charge is 0.146 e. The Morgan fingerprint density at radius 3 is 1.66 bits per heavy atom. The van der Waals surface area contributed by atoms with Crippen molar-refractivity contribution in [1.29, 1.82) is 0 Å². The molecular formula is C52H34N4. The number of hydrogen-bond donors (Lipinski definition) is 0. The third kappa shape index (κ3) is 4.53. The van der Waals surface area contributed by atoms with Crippen LogP contribution in [0.5, 0.6) is 0 Å². The fraction of sp³-hybridized carbons (Fsp3) is 0.0385. The van der Waals surface area contributed by atoms with Crippen molar-refractivity contribution in [3.8, 4) is 33.6 Å². The fourth-order valence-electron chi connectivity index (χ4n) is 9.29. The van der Waals surface area contributed by atoms with E-state index < -0.39 is 0 Å². The minimum atomic E-state index is 0.980. The summed E-state index contributed by atoms with van der Waals surface area (Å²) in [6.45, 7) is 0. The van der Waals surface area contributed by atoms with Crippen LogP contribution in [0, 0.1) is 0 Å². The van der Waals surface area contributed by atoms with Gasteiger partial charge in [0.25, 0.3) is 0 Å². The van der Waals surface area contributed by atoms with Gasteiger partial charge in [-0.2, -0.15) is 0 Å². The number of pyridine rings is 1. The molecule has 8 aromatic carbocycles. The number of imidazole rings is 2. The van der Waals surface area contributed by atoms with Gasteiger partial charge in [-0.1, -0.05) is 146 Å². The van der Waals surface area contributed by atoms with Gasteiger partial charge in [0.2, 0.25) is 0 Å². The average molecular weight is 715 g/mol. The van der Waals surface area contributed by atoms with Crippen molar-refractivity contribution >= 4 is 76.6 Å². The minimum Gasteiger partial charge on any atom is -0.296 e. The summed E-state index contributed by atoms with van der Waals surface area (Å²) in [6, 6.07) is 59.5. The maximum atomic E-state index is 5.17. The van der Waals surface area contributed by atoms with Crippen LogP contribution in [0.15, 0.2) is 182 Å². The van der Waals surface area contributed by atoms with E-state index >= 15 is 0 Å². The molecule has 1 aliphatic carbocycles. The van der Waals surface area contributed by atoms with E-state index in [4.69, 9.17) is 9.97 Å². The van der Waals surface area contributed by atoms with Crippen molar-refractivity contribution in [2.24, 2.45) is 0 Å². The lowest BCUT2D eigenvalue weighted by Crippen LogP contribution is -2.01. The van der Waals surface area contributed by atoms with Crippen molar-refractivity contribution in [3.63, 3.8) is 0 Å². The molecule has 0 fully saturated rings. The molecule has 0 unspecified atom stereocenters. The standard InChI is InChI=1S/C52H34N4/c1-2-14-36(15-3-1)55-46-24-12-10-22-44(46)53-51(55)34-28-26-33(27-29-34)49-39-17-5-7-19-41(39)50(42-20-8-6-18-40(42)49)35-30-31-38-37-16-4-9-21-43(37)52-54-45-23-11-13-25-47(45)56(52)48(38)32-35/h1-2,4-14,16-32H,3,15H2. The largest absolute Gasteiger partial charge is 0.296 e. The van der Waals surface area contributed by atoms with Crippen molar-refractivity contribution in [2.75, 3.05) is 0 Å². The molecular weight excluding hydrogens is 681 g/mol. The molecule has 0 aliphatic heterocycles. The summed E-state index contributed by atoms with van der Waals surface area (Å²) >= 11 is 0. The van der Waals surface area contributed by atoms with E-state index in [-0.39, 0.29) is 0 Å². The Morgan fingerprint density at radius 2 is 0.982 bits per heavy atom. The van der Waals surface area contributed by atoms with Crippen molar-refractivity contribution in [3.05, 3.63) is 182 Å². The summed E-state index contributed by atoms with van der Waals surface area (Å²) in [5.74, 6) is 0.980. The summed E-state index contributed by atoms with van der Waals surface area (Å²) in [6.07, 6.45) is 8.66. The number of benzene rings is 8. The Balaban J connectivity index is 1.07. The third-order valence-corrected chi connectivity index (χ3v) is 11.7. The predicted octanol–water partition coefficient (Wildman–Crippen LogP) is 13.6. The molecule has 12 rings (SSSR count). The van der Waals surface area contributed by atoms with Crippen LogP contribution >= 0.6 is 0 Å². The van der Waals surface area contributed by atoms with Gasteiger partial charge in [-0.3, -0.25) is 8.97 Å². The maximum absolute atomic E-state index is 5.17. The van der Waals surface area contributed by atoms with E-state index in [0.717, 1.165) is 62.8 Å². The summed E-state index contributed by atoms with van der Waals surface area (Å²) in [4.78, 5) is 10.3. The van der Waals surface area contributed by atoms with Gasteiger partial charge >= 0.3 is 0 Å². The lowest BCUT2D eigenvalue weighted by atomic mass is 9.85. The van der Waals surface area contributed by atoms with Crippen LogP contribution in [0.25, 0.3) is 110 Å². The average Bonchev–Trinajstić information content (AvgIpc) is 3.86. The fourth-order valence-corrected chi connectivity index (χ4v) is 9.29. The van der Waals surface area contributed by atoms with Gasteiger partial charge in [0.15, 0.2) is 0 Å². The molecule has 0 saturated carbocycles. The molecule has 56 heavy (non-hydrogen) atoms. The van der Waals surface area contributed by atoms with Crippen LogP contribution in [-0.2, 0) is 0 Å². The summed E-state index contributed by atoms with van der Waals surface area (Å²) in [5, 5.41) is 8.53. The Bertz CT molecular complexity index is 3410. The predicted molar refractivity (Wildman–Crippen MR) is 235 cm³/mol. The number of aromatic nitrogens is 4. The molecule has 0 N–H and O–H groups in total. The maximum Gasteiger partial charge on any atom is 0.146 e. The first kappa shape index (κ1) is 31.1. The number of rotatable bonds is 4. The highest BCUT2D eigenvalue weighted by Gasteiger charge is 2.21. The zero-order valence-electron chi connectivity index (χ0n) is 30.5. The number of allylic oxidation sites excluding steroid dienone is 4. The van der Waals surface area contributed by atoms with Crippen LogP contribution in [-0.4, -0.2) is 18.9 Å². The molecule has 3 aromatic heterocycles. The number of para-hydroxylation sites is 4. The monoisotopic (exact) mass is 714 g/mol. The zero-order chi connectivity index (χ0) is 36.7. The van der Waals surface area contributed by atoms with Gasteiger partial charge < -0.3 is 0 Å². The Morgan fingerprint density at radius 1 is 0.429 bits per heavy atom. The summed E-state index contributed by atoms with van der Waals surface area (Å²) < 4.78 is 4.70. The van der Waals surface area contributed by atoms with E-state index in [9.17, 15) is 0 Å². The second-order valence-electron chi connectivity index (χ2n) is 14.8. The number of fused-ring (bicyclic) bond motifs is 11. The molecule has 3 heterocycles. The van der Waals surface area contributed by atoms with Crippen molar-refractivity contribution in [2.45, 2.75) is 12.8 Å². The van der Waals surface area contributed by atoms with Crippen LogP contribution in [0.3, 0.4) is 0 Å². The number of hydrogen-bond acceptors (Lipinski definition) is 2. The minimum absolute atomic E-state index is 0.980. The highest BCUT2D eigenvalue weighted by atomic mass is 15.1. The van der Waals surface area contributed by atoms with Crippen LogP contribution in [0.4, 0.5) is 0 Å². The molecule has 0 atom stereocenters. The Kier molecular flexibility index (Phi) is 6.72. The topological polar surface area (TPSA) is 35.1 Å². The quantitative estimate of drug-likeness (QED) is 0.134. The Labute approximate surface area is 322 Å². The highest BCUT2D eigenvalue weighted by molar-refractivity contribution is 6.22. The molecule has 1 aliphatic rings. The number of nitrogens with zero attached hydrogens (tertiary/aromatic N) is 4. The van der Waals surface area contributed by atoms with Gasteiger partial charge in [-0.25, -0.2) is 9.97 Å². The molecule has 0 radical (unpaired) electrons. The molecule has 0 amide bonds. The van der Waals surface area contributed by atoms with Crippen LogP contribution in [0.2, 0.25) is 0 Å². The van der Waals surface area contributed by atoms with E-state index in [1.807, 2.05) is 0 Å². The molecule has 0 saturated heterocycles. The van der Waals surface area contributed by atoms with E-state index in [0.29, 0.717) is 0 Å². The summed E-state index contributed by atoms with van der Waals surface area (Å²) in [7, 11) is 0. The molecule has 262 valence electrons. The first-order chi connectivity index (χ1) is 27.8. The molecule has 0 spiro atoms. The van der Waals surface area contributed by atoms with Crippen LogP contribution < -0.4 is 0 Å². The molecule has 4 heteroatoms. The normalized spacial score (nSPS) is 13.2. The van der Waals surface area contributed by atoms with Gasteiger partial charge in [-0.05, 0) is 98.4 Å². The third-order valence-electron chi connectivity index (χ3n) is 11.7. The molecule has 11 aromatic rings. The summed E-state index contributed by atoms with van der Waals surface area (Å²) in [5.41, 5.74) is 13.7. The van der Waals surface area contributed by atoms with E-state index in [1.54, 1.807) is 0 Å². The Hall–Kier alpha value is -7.30. The highest BCUT2D eigenvalue weighted by Crippen LogP contribution is 2.45. The van der Waals surface area contributed by atoms with Crippen molar-refractivity contribution in [1.82, 2.24) is 18.9 Å². The van der Waals surface area contributed by atoms with Gasteiger partial charge in [0.05, 0.1) is 27.6 Å². The first-order valence-corrected chi connectivity index (χ1v) is 19.4. The lowest BCUT2D eigenvalue weighted by molar-refractivity contribution is 0.960. The van der Waals surface area contributed by atoms with E-state index in [2.05, 4.69) is 191 Å². The SMILES string of the molecule is C1=CCCC(n2c(-c3ccc(-c4c5ccccc5c(-c5ccc6c7ccccc7c7nc8ccccc8n7c6c5)c5ccccc45)cc3)nc3ccccc32)=C1. The lowest BCUT2D eigenvalue weighted by Gasteiger charge is -2.19. The van der Waals surface area contributed by atoms with Gasteiger partial charge in [-0.15, -0.1) is 0 Å². The molecule has 0 bridgehead atoms. The van der Waals surface area contributed by atoms with Crippen LogP contribution in [0.1, 0.15) is 12.8 Å².